The fourth-order valence-corrected chi connectivity index (χ4v) is 4.42. The third kappa shape index (κ3) is 3.10. The van der Waals surface area contributed by atoms with Gasteiger partial charge in [0.15, 0.2) is 23.1 Å². The third-order valence-corrected chi connectivity index (χ3v) is 5.68. The number of pyridine rings is 2. The van der Waals surface area contributed by atoms with Crippen LogP contribution < -0.4 is 14.5 Å². The lowest BCUT2D eigenvalue weighted by Crippen LogP contribution is -2.56. The van der Waals surface area contributed by atoms with E-state index < -0.39 is 6.04 Å². The van der Waals surface area contributed by atoms with Gasteiger partial charge in [0.05, 0.1) is 17.4 Å². The molecule has 0 bridgehead atoms. The molecule has 0 saturated heterocycles. The summed E-state index contributed by atoms with van der Waals surface area (Å²) in [6.07, 6.45) is 4.15. The van der Waals surface area contributed by atoms with E-state index in [1.165, 1.54) is 0 Å². The van der Waals surface area contributed by atoms with Gasteiger partial charge in [-0.15, -0.1) is 0 Å². The summed E-state index contributed by atoms with van der Waals surface area (Å²) < 4.78 is 5.75. The van der Waals surface area contributed by atoms with Crippen LogP contribution in [0.25, 0.3) is 0 Å². The fraction of sp³-hybridized carbons (Fsp3) is 0.429. The SMILES string of the molecule is CC(=O)C1C(CN2c3ncccc3OCC2C(C)=O)Cc2ncccc2N1C. The minimum absolute atomic E-state index is 0.0142. The number of anilines is 2. The van der Waals surface area contributed by atoms with Gasteiger partial charge < -0.3 is 14.5 Å². The molecule has 2 aliphatic rings. The summed E-state index contributed by atoms with van der Waals surface area (Å²) in [7, 11) is 1.94. The Morgan fingerprint density at radius 3 is 2.64 bits per heavy atom. The maximum Gasteiger partial charge on any atom is 0.172 e. The Morgan fingerprint density at radius 2 is 1.89 bits per heavy atom. The zero-order valence-electron chi connectivity index (χ0n) is 16.3. The summed E-state index contributed by atoms with van der Waals surface area (Å²) in [5.74, 6) is 1.45. The molecular weight excluding hydrogens is 356 g/mol. The van der Waals surface area contributed by atoms with Crippen molar-refractivity contribution >= 4 is 23.1 Å². The molecule has 4 rings (SSSR count). The van der Waals surface area contributed by atoms with Crippen LogP contribution in [0.3, 0.4) is 0 Å². The first-order valence-corrected chi connectivity index (χ1v) is 9.49. The Labute approximate surface area is 164 Å². The molecule has 3 atom stereocenters. The monoisotopic (exact) mass is 380 g/mol. The van der Waals surface area contributed by atoms with Crippen molar-refractivity contribution in [1.82, 2.24) is 9.97 Å². The molecular formula is C21H24N4O3. The summed E-state index contributed by atoms with van der Waals surface area (Å²) in [4.78, 5) is 37.9. The van der Waals surface area contributed by atoms with E-state index in [1.54, 1.807) is 26.2 Å². The number of hydrogen-bond acceptors (Lipinski definition) is 7. The second-order valence-electron chi connectivity index (χ2n) is 7.51. The number of fused-ring (bicyclic) bond motifs is 2. The second kappa shape index (κ2) is 7.22. The molecule has 0 saturated carbocycles. The van der Waals surface area contributed by atoms with Gasteiger partial charge in [0, 0.05) is 31.9 Å². The Kier molecular flexibility index (Phi) is 4.75. The van der Waals surface area contributed by atoms with Crippen LogP contribution in [0.4, 0.5) is 11.5 Å². The molecule has 0 fully saturated rings. The summed E-state index contributed by atoms with van der Waals surface area (Å²) in [5.41, 5.74) is 1.96. The van der Waals surface area contributed by atoms with Crippen molar-refractivity contribution in [1.29, 1.82) is 0 Å². The molecule has 28 heavy (non-hydrogen) atoms. The van der Waals surface area contributed by atoms with Crippen LogP contribution >= 0.6 is 0 Å². The van der Waals surface area contributed by atoms with Gasteiger partial charge in [-0.3, -0.25) is 14.6 Å². The number of ether oxygens (including phenoxy) is 1. The van der Waals surface area contributed by atoms with E-state index in [-0.39, 0.29) is 30.1 Å². The number of ketones is 2. The van der Waals surface area contributed by atoms with E-state index in [9.17, 15) is 9.59 Å². The Balaban J connectivity index is 1.71. The van der Waals surface area contributed by atoms with E-state index in [1.807, 2.05) is 41.1 Å². The van der Waals surface area contributed by atoms with Crippen LogP contribution in [0.5, 0.6) is 5.75 Å². The van der Waals surface area contributed by atoms with Crippen LogP contribution in [0.2, 0.25) is 0 Å². The van der Waals surface area contributed by atoms with Crippen molar-refractivity contribution in [3.8, 4) is 5.75 Å². The number of carbonyl (C=O) groups is 2. The zero-order chi connectivity index (χ0) is 19.8. The van der Waals surface area contributed by atoms with Gasteiger partial charge in [0.25, 0.3) is 0 Å². The number of likely N-dealkylation sites (N-methyl/N-ethyl adjacent to an activating group) is 1. The van der Waals surface area contributed by atoms with Crippen molar-refractivity contribution in [3.63, 3.8) is 0 Å². The van der Waals surface area contributed by atoms with Crippen LogP contribution in [0.1, 0.15) is 19.5 Å². The molecule has 2 aromatic rings. The molecule has 0 radical (unpaired) electrons. The predicted octanol–water partition coefficient (Wildman–Crippen LogP) is 1.90. The average molecular weight is 380 g/mol. The van der Waals surface area contributed by atoms with Crippen LogP contribution in [-0.2, 0) is 16.0 Å². The molecule has 2 aromatic heterocycles. The lowest BCUT2D eigenvalue weighted by Gasteiger charge is -2.44. The quantitative estimate of drug-likeness (QED) is 0.802. The van der Waals surface area contributed by atoms with Crippen LogP contribution in [-0.4, -0.2) is 53.8 Å². The molecule has 0 aromatic carbocycles. The highest BCUT2D eigenvalue weighted by Crippen LogP contribution is 2.36. The number of hydrogen-bond donors (Lipinski definition) is 0. The van der Waals surface area contributed by atoms with Gasteiger partial charge in [-0.1, -0.05) is 0 Å². The van der Waals surface area contributed by atoms with Gasteiger partial charge in [0.2, 0.25) is 0 Å². The maximum atomic E-state index is 12.5. The minimum Gasteiger partial charge on any atom is -0.487 e. The number of aromatic nitrogens is 2. The molecule has 0 N–H and O–H groups in total. The predicted molar refractivity (Wildman–Crippen MR) is 106 cm³/mol. The summed E-state index contributed by atoms with van der Waals surface area (Å²) in [5, 5.41) is 0. The van der Waals surface area contributed by atoms with Crippen molar-refractivity contribution in [2.45, 2.75) is 32.4 Å². The number of Topliss-reactive ketones (excluding diaryl/α,β-unsaturated/α-hetero) is 2. The standard InChI is InChI=1S/C21H24N4O3/c1-13(26)18-12-28-19-7-5-9-23-21(19)25(18)11-15-10-16-17(6-4-8-22-16)24(3)20(15)14(2)27/h4-9,15,18,20H,10-12H2,1-3H3. The van der Waals surface area contributed by atoms with Crippen molar-refractivity contribution < 1.29 is 14.3 Å². The van der Waals surface area contributed by atoms with E-state index in [2.05, 4.69) is 9.97 Å². The van der Waals surface area contributed by atoms with Crippen molar-refractivity contribution in [2.24, 2.45) is 5.92 Å². The van der Waals surface area contributed by atoms with E-state index in [0.717, 1.165) is 11.4 Å². The highest BCUT2D eigenvalue weighted by Gasteiger charge is 2.40. The highest BCUT2D eigenvalue weighted by atomic mass is 16.5. The normalized spacial score (nSPS) is 23.5. The topological polar surface area (TPSA) is 75.6 Å². The first kappa shape index (κ1) is 18.4. The van der Waals surface area contributed by atoms with Crippen LogP contribution in [0.15, 0.2) is 36.7 Å². The summed E-state index contributed by atoms with van der Waals surface area (Å²) in [6, 6.07) is 6.87. The molecule has 0 spiro atoms. The molecule has 0 aliphatic carbocycles. The Bertz CT molecular complexity index is 916. The zero-order valence-corrected chi connectivity index (χ0v) is 16.3. The summed E-state index contributed by atoms with van der Waals surface area (Å²) >= 11 is 0. The number of rotatable bonds is 4. The van der Waals surface area contributed by atoms with E-state index >= 15 is 0 Å². The van der Waals surface area contributed by atoms with Gasteiger partial charge in [-0.05, 0) is 44.5 Å². The second-order valence-corrected chi connectivity index (χ2v) is 7.51. The lowest BCUT2D eigenvalue weighted by molar-refractivity contribution is -0.119. The molecule has 2 aliphatic heterocycles. The third-order valence-electron chi connectivity index (χ3n) is 5.68. The largest absolute Gasteiger partial charge is 0.487 e. The van der Waals surface area contributed by atoms with E-state index in [0.29, 0.717) is 24.5 Å². The smallest absolute Gasteiger partial charge is 0.172 e. The molecule has 3 unspecified atom stereocenters. The summed E-state index contributed by atoms with van der Waals surface area (Å²) in [6.45, 7) is 4.02. The Morgan fingerprint density at radius 1 is 1.14 bits per heavy atom. The van der Waals surface area contributed by atoms with Gasteiger partial charge in [-0.25, -0.2) is 4.98 Å². The first-order chi connectivity index (χ1) is 13.5. The number of nitrogens with zero attached hydrogens (tertiary/aromatic N) is 4. The number of carbonyl (C=O) groups excluding carboxylic acids is 2. The van der Waals surface area contributed by atoms with Gasteiger partial charge in [0.1, 0.15) is 12.6 Å². The van der Waals surface area contributed by atoms with Crippen LogP contribution in [0, 0.1) is 5.92 Å². The van der Waals surface area contributed by atoms with E-state index in [4.69, 9.17) is 4.74 Å². The van der Waals surface area contributed by atoms with Crippen molar-refractivity contribution in [2.75, 3.05) is 30.0 Å². The first-order valence-electron chi connectivity index (χ1n) is 9.49. The average Bonchev–Trinajstić information content (AvgIpc) is 2.68. The van der Waals surface area contributed by atoms with Crippen molar-refractivity contribution in [3.05, 3.63) is 42.4 Å². The molecule has 7 nitrogen and oxygen atoms in total. The fourth-order valence-electron chi connectivity index (χ4n) is 4.42. The Hall–Kier alpha value is -2.96. The lowest BCUT2D eigenvalue weighted by atomic mass is 9.85. The maximum absolute atomic E-state index is 12.5. The van der Waals surface area contributed by atoms with Gasteiger partial charge >= 0.3 is 0 Å². The molecule has 146 valence electrons. The van der Waals surface area contributed by atoms with Gasteiger partial charge in [-0.2, -0.15) is 0 Å². The highest BCUT2D eigenvalue weighted by molar-refractivity contribution is 5.88. The minimum atomic E-state index is -0.412. The molecule has 0 amide bonds. The molecule has 4 heterocycles. The molecule has 7 heteroatoms.